The minimum atomic E-state index is 0.483. The van der Waals surface area contributed by atoms with Crippen LogP contribution in [0.15, 0.2) is 34.8 Å². The Hall–Kier alpha value is -0.510. The van der Waals surface area contributed by atoms with E-state index in [1.54, 1.807) is 11.3 Å². The Morgan fingerprint density at radius 1 is 1.22 bits per heavy atom. The van der Waals surface area contributed by atoms with Gasteiger partial charge in [-0.2, -0.15) is 0 Å². The van der Waals surface area contributed by atoms with Gasteiger partial charge in [-0.3, -0.25) is 0 Å². The van der Waals surface area contributed by atoms with E-state index >= 15 is 0 Å². The number of thiophene rings is 1. The average molecular weight is 346 g/mol. The molecule has 0 aliphatic rings. The highest BCUT2D eigenvalue weighted by molar-refractivity contribution is 9.10. The molecular formula is C14H14BrClOS. The monoisotopic (exact) mass is 344 g/mol. The molecule has 0 N–H and O–H groups in total. The summed E-state index contributed by atoms with van der Waals surface area (Å²) < 4.78 is 6.80. The van der Waals surface area contributed by atoms with Gasteiger partial charge in [-0.25, -0.2) is 0 Å². The van der Waals surface area contributed by atoms with Gasteiger partial charge in [0.15, 0.2) is 0 Å². The molecule has 18 heavy (non-hydrogen) atoms. The lowest BCUT2D eigenvalue weighted by Gasteiger charge is -2.07. The summed E-state index contributed by atoms with van der Waals surface area (Å²) in [4.78, 5) is 2.65. The molecule has 2 rings (SSSR count). The van der Waals surface area contributed by atoms with E-state index in [9.17, 15) is 0 Å². The van der Waals surface area contributed by atoms with Gasteiger partial charge in [-0.05, 0) is 42.3 Å². The van der Waals surface area contributed by atoms with Crippen molar-refractivity contribution in [2.45, 2.75) is 25.8 Å². The molecule has 0 aliphatic heterocycles. The third kappa shape index (κ3) is 3.50. The zero-order valence-corrected chi connectivity index (χ0v) is 13.2. The molecule has 0 saturated carbocycles. The highest BCUT2D eigenvalue weighted by Crippen LogP contribution is 2.25. The number of halogens is 2. The first kappa shape index (κ1) is 13.9. The van der Waals surface area contributed by atoms with Gasteiger partial charge in [0.05, 0.1) is 0 Å². The molecule has 1 aromatic carbocycles. The molecule has 0 radical (unpaired) electrons. The molecule has 0 aliphatic carbocycles. The number of aryl methyl sites for hydroxylation is 1. The summed E-state index contributed by atoms with van der Waals surface area (Å²) in [5, 5.41) is 0. The van der Waals surface area contributed by atoms with Crippen LogP contribution in [0.2, 0.25) is 0 Å². The molecule has 0 unspecified atom stereocenters. The van der Waals surface area contributed by atoms with E-state index in [1.165, 1.54) is 9.75 Å². The Kier molecular flexibility index (Phi) is 5.10. The van der Waals surface area contributed by atoms with Crippen molar-refractivity contribution in [2.24, 2.45) is 0 Å². The van der Waals surface area contributed by atoms with Crippen LogP contribution >= 0.6 is 38.9 Å². The number of hydrogen-bond acceptors (Lipinski definition) is 2. The maximum absolute atomic E-state index is 5.86. The van der Waals surface area contributed by atoms with Crippen molar-refractivity contribution in [1.29, 1.82) is 0 Å². The van der Waals surface area contributed by atoms with E-state index in [2.05, 4.69) is 35.0 Å². The maximum Gasteiger partial charge on any atom is 0.122 e. The minimum absolute atomic E-state index is 0.483. The van der Waals surface area contributed by atoms with E-state index in [0.29, 0.717) is 12.5 Å². The van der Waals surface area contributed by atoms with E-state index in [1.807, 2.05) is 18.2 Å². The van der Waals surface area contributed by atoms with Crippen LogP contribution in [-0.2, 0) is 18.9 Å². The predicted molar refractivity (Wildman–Crippen MR) is 81.7 cm³/mol. The van der Waals surface area contributed by atoms with Gasteiger partial charge in [-0.15, -0.1) is 22.9 Å². The van der Waals surface area contributed by atoms with Crippen molar-refractivity contribution >= 4 is 38.9 Å². The predicted octanol–water partition coefficient (Wildman–Crippen LogP) is 5.39. The van der Waals surface area contributed by atoms with Crippen molar-refractivity contribution in [1.82, 2.24) is 0 Å². The molecule has 0 spiro atoms. The van der Waals surface area contributed by atoms with Crippen molar-refractivity contribution in [3.8, 4) is 5.75 Å². The lowest BCUT2D eigenvalue weighted by atomic mass is 10.2. The second kappa shape index (κ2) is 6.60. The second-order valence-corrected chi connectivity index (χ2v) is 6.27. The Bertz CT molecular complexity index is 524. The smallest absolute Gasteiger partial charge is 0.122 e. The van der Waals surface area contributed by atoms with Gasteiger partial charge < -0.3 is 4.74 Å². The topological polar surface area (TPSA) is 9.23 Å². The van der Waals surface area contributed by atoms with Gasteiger partial charge in [0.25, 0.3) is 0 Å². The zero-order chi connectivity index (χ0) is 13.0. The van der Waals surface area contributed by atoms with E-state index in [0.717, 1.165) is 22.2 Å². The highest BCUT2D eigenvalue weighted by atomic mass is 79.9. The first-order valence-electron chi connectivity index (χ1n) is 5.77. The van der Waals surface area contributed by atoms with Crippen LogP contribution in [0.3, 0.4) is 0 Å². The molecule has 0 fully saturated rings. The normalized spacial score (nSPS) is 10.6. The molecule has 0 atom stereocenters. The van der Waals surface area contributed by atoms with Crippen molar-refractivity contribution in [3.05, 3.63) is 50.1 Å². The highest BCUT2D eigenvalue weighted by Gasteiger charge is 2.03. The summed E-state index contributed by atoms with van der Waals surface area (Å²) in [5.41, 5.74) is 1.05. The van der Waals surface area contributed by atoms with Crippen molar-refractivity contribution in [2.75, 3.05) is 0 Å². The summed E-state index contributed by atoms with van der Waals surface area (Å²) in [5.74, 6) is 1.34. The number of ether oxygens (including phenoxy) is 1. The summed E-state index contributed by atoms with van der Waals surface area (Å²) in [6.45, 7) is 2.78. The second-order valence-electron chi connectivity index (χ2n) is 3.90. The van der Waals surface area contributed by atoms with Gasteiger partial charge in [0.1, 0.15) is 12.4 Å². The molecule has 0 amide bonds. The molecule has 4 heteroatoms. The minimum Gasteiger partial charge on any atom is -0.488 e. The standard InChI is InChI=1S/C14H14BrClOS/c1-2-12-4-5-13(18-12)9-17-11-3-6-14(15)10(7-11)8-16/h3-7H,2,8-9H2,1H3. The lowest BCUT2D eigenvalue weighted by Crippen LogP contribution is -1.93. The quantitative estimate of drug-likeness (QED) is 0.660. The molecule has 1 heterocycles. The fourth-order valence-electron chi connectivity index (χ4n) is 1.59. The Morgan fingerprint density at radius 3 is 2.67 bits per heavy atom. The number of alkyl halides is 1. The summed E-state index contributed by atoms with van der Waals surface area (Å²) in [6.07, 6.45) is 1.08. The Balaban J connectivity index is 2.01. The van der Waals surface area contributed by atoms with Crippen molar-refractivity contribution < 1.29 is 4.74 Å². The Morgan fingerprint density at radius 2 is 2.00 bits per heavy atom. The Labute approximate surface area is 125 Å². The van der Waals surface area contributed by atoms with E-state index in [-0.39, 0.29) is 0 Å². The number of benzene rings is 1. The first-order valence-corrected chi connectivity index (χ1v) is 7.92. The molecule has 0 saturated heterocycles. The van der Waals surface area contributed by atoms with Crippen LogP contribution in [-0.4, -0.2) is 0 Å². The fourth-order valence-corrected chi connectivity index (χ4v) is 3.23. The van der Waals surface area contributed by atoms with Gasteiger partial charge >= 0.3 is 0 Å². The molecule has 0 bridgehead atoms. The van der Waals surface area contributed by atoms with Crippen molar-refractivity contribution in [3.63, 3.8) is 0 Å². The van der Waals surface area contributed by atoms with Gasteiger partial charge in [0, 0.05) is 20.1 Å². The third-order valence-electron chi connectivity index (χ3n) is 2.61. The molecule has 96 valence electrons. The van der Waals surface area contributed by atoms with Crippen LogP contribution in [0.25, 0.3) is 0 Å². The van der Waals surface area contributed by atoms with Crippen LogP contribution in [0.1, 0.15) is 22.2 Å². The van der Waals surface area contributed by atoms with Gasteiger partial charge in [0.2, 0.25) is 0 Å². The molecular weight excluding hydrogens is 332 g/mol. The largest absolute Gasteiger partial charge is 0.488 e. The van der Waals surface area contributed by atoms with Crippen LogP contribution < -0.4 is 4.74 Å². The van der Waals surface area contributed by atoms with Crippen LogP contribution in [0, 0.1) is 0 Å². The molecule has 2 aromatic rings. The number of hydrogen-bond donors (Lipinski definition) is 0. The van der Waals surface area contributed by atoms with E-state index < -0.39 is 0 Å². The third-order valence-corrected chi connectivity index (χ3v) is 4.87. The summed E-state index contributed by atoms with van der Waals surface area (Å²) >= 11 is 11.1. The lowest BCUT2D eigenvalue weighted by molar-refractivity contribution is 0.309. The fraction of sp³-hybridized carbons (Fsp3) is 0.286. The average Bonchev–Trinajstić information content (AvgIpc) is 2.86. The van der Waals surface area contributed by atoms with Gasteiger partial charge in [-0.1, -0.05) is 22.9 Å². The zero-order valence-electron chi connectivity index (χ0n) is 10.1. The molecule has 1 aromatic heterocycles. The molecule has 1 nitrogen and oxygen atoms in total. The van der Waals surface area contributed by atoms with Crippen LogP contribution in [0.5, 0.6) is 5.75 Å². The summed E-state index contributed by atoms with van der Waals surface area (Å²) in [7, 11) is 0. The SMILES string of the molecule is CCc1ccc(COc2ccc(Br)c(CCl)c2)s1. The maximum atomic E-state index is 5.86. The number of rotatable bonds is 5. The van der Waals surface area contributed by atoms with E-state index in [4.69, 9.17) is 16.3 Å². The summed E-state index contributed by atoms with van der Waals surface area (Å²) in [6, 6.07) is 10.2. The first-order chi connectivity index (χ1) is 8.72. The van der Waals surface area contributed by atoms with Crippen LogP contribution in [0.4, 0.5) is 0 Å².